The van der Waals surface area contributed by atoms with E-state index >= 15 is 0 Å². The van der Waals surface area contributed by atoms with E-state index in [0.717, 1.165) is 16.9 Å². The van der Waals surface area contributed by atoms with Crippen LogP contribution in [-0.2, 0) is 4.74 Å². The van der Waals surface area contributed by atoms with Crippen LogP contribution in [0.25, 0.3) is 0 Å². The van der Waals surface area contributed by atoms with Gasteiger partial charge in [0.05, 0.1) is 6.61 Å². The van der Waals surface area contributed by atoms with Crippen molar-refractivity contribution in [3.05, 3.63) is 29.3 Å². The van der Waals surface area contributed by atoms with Gasteiger partial charge < -0.3 is 14.6 Å². The standard InChI is InChI=1S/C14H18O3/c1-11-9-14(17-12(2)10-16-3)7-6-13(11)5-4-8-15/h6-7,9,12,15H,8,10H2,1-3H3. The summed E-state index contributed by atoms with van der Waals surface area (Å²) in [5.41, 5.74) is 1.94. The van der Waals surface area contributed by atoms with E-state index in [1.54, 1.807) is 7.11 Å². The summed E-state index contributed by atoms with van der Waals surface area (Å²) in [6.45, 7) is 4.36. The largest absolute Gasteiger partial charge is 0.488 e. The number of hydrogen-bond acceptors (Lipinski definition) is 3. The fourth-order valence-corrected chi connectivity index (χ4v) is 1.49. The van der Waals surface area contributed by atoms with Crippen molar-refractivity contribution in [3.63, 3.8) is 0 Å². The summed E-state index contributed by atoms with van der Waals surface area (Å²) in [5, 5.41) is 8.64. The zero-order chi connectivity index (χ0) is 12.7. The average Bonchev–Trinajstić information content (AvgIpc) is 2.28. The molecule has 3 heteroatoms. The quantitative estimate of drug-likeness (QED) is 0.807. The van der Waals surface area contributed by atoms with Gasteiger partial charge in [0, 0.05) is 12.7 Å². The molecule has 0 bridgehead atoms. The second-order valence-electron chi connectivity index (χ2n) is 3.82. The average molecular weight is 234 g/mol. The van der Waals surface area contributed by atoms with Crippen LogP contribution < -0.4 is 4.74 Å². The maximum absolute atomic E-state index is 8.64. The van der Waals surface area contributed by atoms with Crippen LogP contribution in [0.15, 0.2) is 18.2 Å². The van der Waals surface area contributed by atoms with Gasteiger partial charge in [-0.15, -0.1) is 0 Å². The normalized spacial score (nSPS) is 11.5. The molecule has 0 amide bonds. The molecule has 0 saturated carbocycles. The highest BCUT2D eigenvalue weighted by atomic mass is 16.5. The summed E-state index contributed by atoms with van der Waals surface area (Å²) in [4.78, 5) is 0. The van der Waals surface area contributed by atoms with E-state index in [1.165, 1.54) is 0 Å². The Kier molecular flexibility index (Phi) is 5.55. The summed E-state index contributed by atoms with van der Waals surface area (Å²) >= 11 is 0. The van der Waals surface area contributed by atoms with Gasteiger partial charge in [-0.25, -0.2) is 0 Å². The van der Waals surface area contributed by atoms with Gasteiger partial charge >= 0.3 is 0 Å². The number of methoxy groups -OCH3 is 1. The van der Waals surface area contributed by atoms with E-state index in [4.69, 9.17) is 14.6 Å². The number of ether oxygens (including phenoxy) is 2. The molecule has 17 heavy (non-hydrogen) atoms. The predicted molar refractivity (Wildman–Crippen MR) is 67.1 cm³/mol. The summed E-state index contributed by atoms with van der Waals surface area (Å²) in [5.74, 6) is 6.33. The molecule has 3 nitrogen and oxygen atoms in total. The lowest BCUT2D eigenvalue weighted by Crippen LogP contribution is -2.17. The Labute approximate surface area is 102 Å². The van der Waals surface area contributed by atoms with Crippen LogP contribution in [-0.4, -0.2) is 31.5 Å². The van der Waals surface area contributed by atoms with Gasteiger partial charge in [-0.1, -0.05) is 11.8 Å². The lowest BCUT2D eigenvalue weighted by Gasteiger charge is -2.14. The third-order valence-corrected chi connectivity index (χ3v) is 2.24. The smallest absolute Gasteiger partial charge is 0.120 e. The van der Waals surface area contributed by atoms with Gasteiger partial charge in [0.1, 0.15) is 18.5 Å². The van der Waals surface area contributed by atoms with Gasteiger partial charge in [0.25, 0.3) is 0 Å². The molecular weight excluding hydrogens is 216 g/mol. The summed E-state index contributed by atoms with van der Waals surface area (Å²) in [6.07, 6.45) is 0.0220. The van der Waals surface area contributed by atoms with Crippen LogP contribution in [0.3, 0.4) is 0 Å². The molecule has 1 atom stereocenters. The van der Waals surface area contributed by atoms with Gasteiger partial charge in [-0.05, 0) is 37.6 Å². The number of benzene rings is 1. The van der Waals surface area contributed by atoms with Crippen molar-refractivity contribution in [3.8, 4) is 17.6 Å². The van der Waals surface area contributed by atoms with Crippen LogP contribution in [0.1, 0.15) is 18.1 Å². The van der Waals surface area contributed by atoms with Crippen LogP contribution in [0, 0.1) is 18.8 Å². The molecule has 0 aliphatic heterocycles. The first-order valence-electron chi connectivity index (χ1n) is 5.53. The molecule has 0 aliphatic carbocycles. The van der Waals surface area contributed by atoms with Crippen LogP contribution >= 0.6 is 0 Å². The molecule has 92 valence electrons. The van der Waals surface area contributed by atoms with Crippen molar-refractivity contribution in [1.29, 1.82) is 0 Å². The fraction of sp³-hybridized carbons (Fsp3) is 0.429. The van der Waals surface area contributed by atoms with E-state index in [9.17, 15) is 0 Å². The molecule has 1 rings (SSSR count). The second kappa shape index (κ2) is 6.95. The third-order valence-electron chi connectivity index (χ3n) is 2.24. The van der Waals surface area contributed by atoms with Crippen molar-refractivity contribution < 1.29 is 14.6 Å². The minimum atomic E-state index is -0.122. The van der Waals surface area contributed by atoms with E-state index in [1.807, 2.05) is 32.0 Å². The van der Waals surface area contributed by atoms with Crippen molar-refractivity contribution in [1.82, 2.24) is 0 Å². The molecule has 0 aliphatic rings. The Balaban J connectivity index is 2.75. The molecule has 0 aromatic heterocycles. The highest BCUT2D eigenvalue weighted by molar-refractivity contribution is 5.44. The van der Waals surface area contributed by atoms with Gasteiger partial charge in [-0.3, -0.25) is 0 Å². The number of aryl methyl sites for hydroxylation is 1. The van der Waals surface area contributed by atoms with Crippen molar-refractivity contribution in [2.45, 2.75) is 20.0 Å². The van der Waals surface area contributed by atoms with E-state index in [2.05, 4.69) is 11.8 Å². The SMILES string of the molecule is COCC(C)Oc1ccc(C#CCO)c(C)c1. The Morgan fingerprint density at radius 1 is 1.41 bits per heavy atom. The Morgan fingerprint density at radius 2 is 2.18 bits per heavy atom. The molecule has 0 spiro atoms. The first kappa shape index (κ1) is 13.6. The van der Waals surface area contributed by atoms with Crippen molar-refractivity contribution >= 4 is 0 Å². The molecular formula is C14H18O3. The predicted octanol–water partition coefficient (Wildman–Crippen LogP) is 1.75. The zero-order valence-corrected chi connectivity index (χ0v) is 10.5. The molecule has 0 heterocycles. The van der Waals surface area contributed by atoms with E-state index in [-0.39, 0.29) is 12.7 Å². The van der Waals surface area contributed by atoms with E-state index in [0.29, 0.717) is 6.61 Å². The van der Waals surface area contributed by atoms with Crippen LogP contribution in [0.2, 0.25) is 0 Å². The Morgan fingerprint density at radius 3 is 2.76 bits per heavy atom. The minimum Gasteiger partial charge on any atom is -0.488 e. The van der Waals surface area contributed by atoms with E-state index < -0.39 is 0 Å². The maximum Gasteiger partial charge on any atom is 0.120 e. The van der Waals surface area contributed by atoms with Crippen molar-refractivity contribution in [2.24, 2.45) is 0 Å². The molecule has 1 N–H and O–H groups in total. The lowest BCUT2D eigenvalue weighted by atomic mass is 10.1. The fourth-order valence-electron chi connectivity index (χ4n) is 1.49. The molecule has 0 radical (unpaired) electrons. The number of rotatable bonds is 4. The molecule has 0 fully saturated rings. The number of aliphatic hydroxyl groups excluding tert-OH is 1. The molecule has 1 unspecified atom stereocenters. The molecule has 1 aromatic carbocycles. The van der Waals surface area contributed by atoms with Gasteiger partial charge in [0.15, 0.2) is 0 Å². The first-order chi connectivity index (χ1) is 8.17. The van der Waals surface area contributed by atoms with Gasteiger partial charge in [0.2, 0.25) is 0 Å². The third kappa shape index (κ3) is 4.48. The number of hydrogen-bond donors (Lipinski definition) is 1. The van der Waals surface area contributed by atoms with Crippen LogP contribution in [0.4, 0.5) is 0 Å². The van der Waals surface area contributed by atoms with Crippen molar-refractivity contribution in [2.75, 3.05) is 20.3 Å². The maximum atomic E-state index is 8.64. The summed E-state index contributed by atoms with van der Waals surface area (Å²) in [6, 6.07) is 5.71. The Bertz CT molecular complexity index is 415. The molecule has 0 saturated heterocycles. The highest BCUT2D eigenvalue weighted by Crippen LogP contribution is 2.17. The zero-order valence-electron chi connectivity index (χ0n) is 10.5. The monoisotopic (exact) mass is 234 g/mol. The second-order valence-corrected chi connectivity index (χ2v) is 3.82. The number of aliphatic hydroxyl groups is 1. The van der Waals surface area contributed by atoms with Crippen LogP contribution in [0.5, 0.6) is 5.75 Å². The first-order valence-corrected chi connectivity index (χ1v) is 5.53. The van der Waals surface area contributed by atoms with Gasteiger partial charge in [-0.2, -0.15) is 0 Å². The lowest BCUT2D eigenvalue weighted by molar-refractivity contribution is 0.0920. The molecule has 1 aromatic rings. The Hall–Kier alpha value is -1.50. The summed E-state index contributed by atoms with van der Waals surface area (Å²) < 4.78 is 10.7. The summed E-state index contributed by atoms with van der Waals surface area (Å²) in [7, 11) is 1.65. The highest BCUT2D eigenvalue weighted by Gasteiger charge is 2.04. The topological polar surface area (TPSA) is 38.7 Å². The minimum absolute atomic E-state index is 0.0220.